The molecule has 0 radical (unpaired) electrons. The first-order valence-electron chi connectivity index (χ1n) is 7.45. The van der Waals surface area contributed by atoms with Crippen LogP contribution in [-0.4, -0.2) is 46.5 Å². The van der Waals surface area contributed by atoms with Gasteiger partial charge in [-0.15, -0.1) is 0 Å². The molecule has 1 aromatic rings. The number of amides is 1. The van der Waals surface area contributed by atoms with Crippen LogP contribution in [0.25, 0.3) is 6.08 Å². The van der Waals surface area contributed by atoms with Crippen LogP contribution in [0.3, 0.4) is 0 Å². The van der Waals surface area contributed by atoms with Crippen molar-refractivity contribution < 1.29 is 4.79 Å². The molecular formula is C16H23N5O. The molecule has 0 bridgehead atoms. The van der Waals surface area contributed by atoms with Crippen molar-refractivity contribution >= 4 is 23.6 Å². The van der Waals surface area contributed by atoms with Crippen molar-refractivity contribution in [3.05, 3.63) is 31.1 Å². The first kappa shape index (κ1) is 16.0. The summed E-state index contributed by atoms with van der Waals surface area (Å²) in [5.41, 5.74) is 0.838. The summed E-state index contributed by atoms with van der Waals surface area (Å²) in [6, 6.07) is 0.388. The lowest BCUT2D eigenvalue weighted by molar-refractivity contribution is -0.129. The highest BCUT2D eigenvalue weighted by Gasteiger charge is 2.28. The van der Waals surface area contributed by atoms with Crippen LogP contribution in [0.5, 0.6) is 0 Å². The van der Waals surface area contributed by atoms with Gasteiger partial charge >= 0.3 is 0 Å². The molecule has 22 heavy (non-hydrogen) atoms. The maximum atomic E-state index is 11.9. The van der Waals surface area contributed by atoms with E-state index in [9.17, 15) is 4.79 Å². The first-order chi connectivity index (χ1) is 10.6. The number of nitrogens with one attached hydrogen (secondary N) is 2. The second-order valence-electron chi connectivity index (χ2n) is 5.40. The molecule has 0 aliphatic carbocycles. The molecule has 2 unspecified atom stereocenters. The standard InChI is InChI=1S/C16H23N5O/c1-5-13-15(17-4)18-10-19-16(13)20-12-8-7-11(3)21(9-12)14(22)6-2/h5-6,10-12H,1-2,7-9H2,3-4H3,(H2,17,18,19,20). The number of carbonyl (C=O) groups is 1. The summed E-state index contributed by atoms with van der Waals surface area (Å²) < 4.78 is 0. The average Bonchev–Trinajstić information content (AvgIpc) is 2.55. The SMILES string of the molecule is C=CC(=O)N1CC(Nc2ncnc(NC)c2C=C)CCC1C. The highest BCUT2D eigenvalue weighted by atomic mass is 16.2. The molecule has 0 spiro atoms. The van der Waals surface area contributed by atoms with Crippen molar-refractivity contribution in [2.75, 3.05) is 24.2 Å². The molecule has 2 heterocycles. The van der Waals surface area contributed by atoms with E-state index in [1.54, 1.807) is 6.08 Å². The van der Waals surface area contributed by atoms with Gasteiger partial charge in [-0.1, -0.05) is 19.2 Å². The van der Waals surface area contributed by atoms with Crippen LogP contribution < -0.4 is 10.6 Å². The van der Waals surface area contributed by atoms with E-state index in [2.05, 4.69) is 40.7 Å². The zero-order valence-electron chi connectivity index (χ0n) is 13.2. The van der Waals surface area contributed by atoms with Crippen molar-refractivity contribution in [1.29, 1.82) is 0 Å². The molecule has 0 aromatic carbocycles. The Labute approximate surface area is 131 Å². The fraction of sp³-hybridized carbons (Fsp3) is 0.438. The smallest absolute Gasteiger partial charge is 0.246 e. The molecule has 1 aliphatic rings. The van der Waals surface area contributed by atoms with Crippen LogP contribution in [0.15, 0.2) is 25.6 Å². The van der Waals surface area contributed by atoms with Crippen LogP contribution in [0, 0.1) is 0 Å². The first-order valence-corrected chi connectivity index (χ1v) is 7.45. The minimum absolute atomic E-state index is 0.0263. The fourth-order valence-corrected chi connectivity index (χ4v) is 2.75. The molecule has 1 saturated heterocycles. The quantitative estimate of drug-likeness (QED) is 0.815. The van der Waals surface area contributed by atoms with Gasteiger partial charge in [0.25, 0.3) is 0 Å². The zero-order valence-corrected chi connectivity index (χ0v) is 13.2. The second kappa shape index (κ2) is 7.06. The monoisotopic (exact) mass is 301 g/mol. The lowest BCUT2D eigenvalue weighted by Gasteiger charge is -2.38. The Morgan fingerprint density at radius 1 is 1.36 bits per heavy atom. The topological polar surface area (TPSA) is 70.2 Å². The van der Waals surface area contributed by atoms with Crippen molar-refractivity contribution in [2.45, 2.75) is 31.8 Å². The summed E-state index contributed by atoms with van der Waals surface area (Å²) in [5, 5.41) is 6.44. The van der Waals surface area contributed by atoms with E-state index in [4.69, 9.17) is 0 Å². The zero-order chi connectivity index (χ0) is 16.1. The lowest BCUT2D eigenvalue weighted by atomic mass is 9.99. The molecule has 2 N–H and O–H groups in total. The summed E-state index contributed by atoms with van der Waals surface area (Å²) in [6.07, 6.45) is 6.55. The molecule has 6 heteroatoms. The molecule has 6 nitrogen and oxygen atoms in total. The molecule has 1 aromatic heterocycles. The minimum atomic E-state index is -0.0263. The Morgan fingerprint density at radius 3 is 2.73 bits per heavy atom. The summed E-state index contributed by atoms with van der Waals surface area (Å²) in [7, 11) is 1.81. The Kier molecular flexibility index (Phi) is 5.14. The Morgan fingerprint density at radius 2 is 2.09 bits per heavy atom. The molecular weight excluding hydrogens is 278 g/mol. The van der Waals surface area contributed by atoms with Crippen LogP contribution in [0.1, 0.15) is 25.3 Å². The Bertz CT molecular complexity index is 572. The summed E-state index contributed by atoms with van der Waals surface area (Å²) >= 11 is 0. The van der Waals surface area contributed by atoms with Gasteiger partial charge in [0.15, 0.2) is 0 Å². The van der Waals surface area contributed by atoms with Gasteiger partial charge in [-0.2, -0.15) is 0 Å². The van der Waals surface area contributed by atoms with E-state index in [-0.39, 0.29) is 18.0 Å². The molecule has 2 rings (SSSR count). The third-order valence-corrected chi connectivity index (χ3v) is 4.01. The third kappa shape index (κ3) is 3.27. The van der Waals surface area contributed by atoms with E-state index in [0.717, 1.165) is 30.0 Å². The number of carbonyl (C=O) groups excluding carboxylic acids is 1. The van der Waals surface area contributed by atoms with Crippen molar-refractivity contribution in [3.63, 3.8) is 0 Å². The number of aromatic nitrogens is 2. The summed E-state index contributed by atoms with van der Waals surface area (Å²) in [6.45, 7) is 10.1. The molecule has 1 amide bonds. The Balaban J connectivity index is 2.16. The average molecular weight is 301 g/mol. The van der Waals surface area contributed by atoms with E-state index in [0.29, 0.717) is 6.54 Å². The van der Waals surface area contributed by atoms with Crippen molar-refractivity contribution in [3.8, 4) is 0 Å². The van der Waals surface area contributed by atoms with E-state index >= 15 is 0 Å². The van der Waals surface area contributed by atoms with Crippen LogP contribution in [0.2, 0.25) is 0 Å². The number of piperidine rings is 1. The van der Waals surface area contributed by atoms with Gasteiger partial charge in [-0.25, -0.2) is 9.97 Å². The third-order valence-electron chi connectivity index (χ3n) is 4.01. The van der Waals surface area contributed by atoms with Gasteiger partial charge in [0.1, 0.15) is 18.0 Å². The lowest BCUT2D eigenvalue weighted by Crippen LogP contribution is -2.49. The van der Waals surface area contributed by atoms with Gasteiger partial charge in [0, 0.05) is 25.7 Å². The maximum Gasteiger partial charge on any atom is 0.246 e. The molecule has 1 fully saturated rings. The minimum Gasteiger partial charge on any atom is -0.372 e. The van der Waals surface area contributed by atoms with E-state index < -0.39 is 0 Å². The van der Waals surface area contributed by atoms with Gasteiger partial charge in [-0.3, -0.25) is 4.79 Å². The number of hydrogen-bond acceptors (Lipinski definition) is 5. The predicted molar refractivity (Wildman–Crippen MR) is 89.7 cm³/mol. The second-order valence-corrected chi connectivity index (χ2v) is 5.40. The number of anilines is 2. The van der Waals surface area contributed by atoms with Gasteiger partial charge in [-0.05, 0) is 25.8 Å². The largest absolute Gasteiger partial charge is 0.372 e. The molecule has 118 valence electrons. The molecule has 1 aliphatic heterocycles. The van der Waals surface area contributed by atoms with Crippen molar-refractivity contribution in [2.24, 2.45) is 0 Å². The molecule has 0 saturated carbocycles. The fourth-order valence-electron chi connectivity index (χ4n) is 2.75. The van der Waals surface area contributed by atoms with E-state index in [1.165, 1.54) is 12.4 Å². The summed E-state index contributed by atoms with van der Waals surface area (Å²) in [5.74, 6) is 1.44. The van der Waals surface area contributed by atoms with Crippen LogP contribution in [-0.2, 0) is 4.79 Å². The predicted octanol–water partition coefficient (Wildman–Crippen LogP) is 2.14. The van der Waals surface area contributed by atoms with Gasteiger partial charge in [0.05, 0.1) is 5.56 Å². The highest BCUT2D eigenvalue weighted by Crippen LogP contribution is 2.25. The maximum absolute atomic E-state index is 11.9. The number of likely N-dealkylation sites (tertiary alicyclic amines) is 1. The van der Waals surface area contributed by atoms with Gasteiger partial charge in [0.2, 0.25) is 5.91 Å². The molecule has 2 atom stereocenters. The van der Waals surface area contributed by atoms with Gasteiger partial charge < -0.3 is 15.5 Å². The highest BCUT2D eigenvalue weighted by molar-refractivity contribution is 5.87. The number of nitrogens with zero attached hydrogens (tertiary/aromatic N) is 3. The number of rotatable bonds is 5. The van der Waals surface area contributed by atoms with Crippen LogP contribution in [0.4, 0.5) is 11.6 Å². The van der Waals surface area contributed by atoms with Crippen LogP contribution >= 0.6 is 0 Å². The Hall–Kier alpha value is -2.37. The van der Waals surface area contributed by atoms with Crippen molar-refractivity contribution in [1.82, 2.24) is 14.9 Å². The summed E-state index contributed by atoms with van der Waals surface area (Å²) in [4.78, 5) is 22.3. The number of hydrogen-bond donors (Lipinski definition) is 2. The van der Waals surface area contributed by atoms with E-state index in [1.807, 2.05) is 11.9 Å². The normalized spacial score (nSPS) is 21.1.